The van der Waals surface area contributed by atoms with Gasteiger partial charge in [0.05, 0.1) is 11.3 Å². The van der Waals surface area contributed by atoms with Crippen molar-refractivity contribution in [1.82, 2.24) is 5.32 Å². The molecule has 6 heteroatoms. The highest BCUT2D eigenvalue weighted by Crippen LogP contribution is 2.21. The largest absolute Gasteiger partial charge is 0.462 e. The smallest absolute Gasteiger partial charge is 0.253 e. The van der Waals surface area contributed by atoms with Gasteiger partial charge in [-0.2, -0.15) is 0 Å². The Morgan fingerprint density at radius 2 is 2.04 bits per heavy atom. The highest BCUT2D eigenvalue weighted by atomic mass is 35.5. The fourth-order valence-corrected chi connectivity index (χ4v) is 2.20. The van der Waals surface area contributed by atoms with Gasteiger partial charge >= 0.3 is 0 Å². The highest BCUT2D eigenvalue weighted by Gasteiger charge is 2.13. The van der Waals surface area contributed by atoms with Crippen LogP contribution >= 0.6 is 11.6 Å². The number of hydrogen-bond donors (Lipinski definition) is 2. The Balaban J connectivity index is 2.12. The maximum atomic E-state index is 12.2. The number of halogens is 1. The summed E-state index contributed by atoms with van der Waals surface area (Å²) >= 11 is 5.97. The van der Waals surface area contributed by atoms with Crippen LogP contribution < -0.4 is 10.6 Å². The zero-order valence-electron chi connectivity index (χ0n) is 13.6. The van der Waals surface area contributed by atoms with E-state index < -0.39 is 0 Å². The van der Waals surface area contributed by atoms with Gasteiger partial charge in [-0.1, -0.05) is 18.5 Å². The number of carbonyl (C=O) groups excluding carboxylic acids is 2. The summed E-state index contributed by atoms with van der Waals surface area (Å²) in [5.74, 6) is 0.708. The topological polar surface area (TPSA) is 71.3 Å². The molecular formula is C18H19ClN2O3. The Morgan fingerprint density at radius 1 is 1.25 bits per heavy atom. The maximum Gasteiger partial charge on any atom is 0.253 e. The molecule has 0 aliphatic heterocycles. The molecule has 2 amide bonds. The van der Waals surface area contributed by atoms with E-state index in [0.717, 1.165) is 12.2 Å². The van der Waals surface area contributed by atoms with Gasteiger partial charge in [0.25, 0.3) is 5.91 Å². The first kappa shape index (κ1) is 17.8. The number of furan rings is 1. The monoisotopic (exact) mass is 346 g/mol. The van der Waals surface area contributed by atoms with E-state index in [1.54, 1.807) is 30.3 Å². The number of amides is 2. The molecule has 126 valence electrons. The van der Waals surface area contributed by atoms with Crippen LogP contribution in [0.3, 0.4) is 0 Å². The molecular weight excluding hydrogens is 328 g/mol. The Morgan fingerprint density at radius 3 is 2.71 bits per heavy atom. The minimum atomic E-state index is -0.379. The first-order valence-corrected chi connectivity index (χ1v) is 8.00. The second-order valence-corrected chi connectivity index (χ2v) is 5.65. The van der Waals surface area contributed by atoms with Crippen LogP contribution in [0.2, 0.25) is 5.02 Å². The number of hydrogen-bond acceptors (Lipinski definition) is 3. The lowest BCUT2D eigenvalue weighted by Gasteiger charge is -2.10. The van der Waals surface area contributed by atoms with Crippen molar-refractivity contribution in [1.29, 1.82) is 0 Å². The number of nitrogens with one attached hydrogen (secondary N) is 2. The molecule has 2 N–H and O–H groups in total. The van der Waals surface area contributed by atoms with Gasteiger partial charge in [-0.3, -0.25) is 9.59 Å². The second kappa shape index (κ2) is 8.36. The van der Waals surface area contributed by atoms with Crippen molar-refractivity contribution < 1.29 is 14.0 Å². The lowest BCUT2D eigenvalue weighted by atomic mass is 10.1. The molecule has 0 bridgehead atoms. The number of anilines is 1. The first-order chi connectivity index (χ1) is 11.5. The van der Waals surface area contributed by atoms with Crippen LogP contribution in [0.1, 0.15) is 35.2 Å². The van der Waals surface area contributed by atoms with Crippen molar-refractivity contribution in [2.24, 2.45) is 0 Å². The van der Waals surface area contributed by atoms with Crippen molar-refractivity contribution in [3.05, 3.63) is 58.5 Å². The predicted molar refractivity (Wildman–Crippen MR) is 95.2 cm³/mol. The van der Waals surface area contributed by atoms with Crippen LogP contribution in [0.5, 0.6) is 0 Å². The molecule has 5 nitrogen and oxygen atoms in total. The van der Waals surface area contributed by atoms with Gasteiger partial charge in [0.15, 0.2) is 0 Å². The molecule has 0 spiro atoms. The van der Waals surface area contributed by atoms with E-state index in [-0.39, 0.29) is 11.8 Å². The molecule has 2 rings (SSSR count). The van der Waals surface area contributed by atoms with Crippen molar-refractivity contribution in [2.45, 2.75) is 20.3 Å². The summed E-state index contributed by atoms with van der Waals surface area (Å²) in [5.41, 5.74) is 0.727. The van der Waals surface area contributed by atoms with Crippen LogP contribution in [-0.4, -0.2) is 18.4 Å². The Hall–Kier alpha value is -2.53. The normalized spacial score (nSPS) is 10.8. The molecule has 2 aromatic rings. The Labute approximate surface area is 145 Å². The minimum Gasteiger partial charge on any atom is -0.462 e. The average Bonchev–Trinajstić information content (AvgIpc) is 2.96. The van der Waals surface area contributed by atoms with Crippen LogP contribution in [0.15, 0.2) is 40.8 Å². The predicted octanol–water partition coefficient (Wildman–Crippen LogP) is 4.03. The van der Waals surface area contributed by atoms with E-state index in [9.17, 15) is 9.59 Å². The van der Waals surface area contributed by atoms with Gasteiger partial charge in [-0.05, 0) is 49.8 Å². The summed E-state index contributed by atoms with van der Waals surface area (Å²) in [6, 6.07) is 8.32. The standard InChI is InChI=1S/C18H19ClN2O3/c1-3-10-20-18(23)15-8-5-13(19)11-16(15)21-17(22)9-7-14-6-4-12(2)24-14/h4-9,11H,3,10H2,1-2H3,(H,20,23)(H,21,22)/b9-7+. The van der Waals surface area contributed by atoms with E-state index in [2.05, 4.69) is 10.6 Å². The summed E-state index contributed by atoms with van der Waals surface area (Å²) in [5, 5.41) is 5.88. The number of aryl methyl sites for hydroxylation is 1. The zero-order valence-corrected chi connectivity index (χ0v) is 14.3. The van der Waals surface area contributed by atoms with Crippen molar-refractivity contribution in [3.63, 3.8) is 0 Å². The van der Waals surface area contributed by atoms with E-state index in [1.165, 1.54) is 6.08 Å². The zero-order chi connectivity index (χ0) is 17.5. The Bertz CT molecular complexity index is 765. The molecule has 0 radical (unpaired) electrons. The van der Waals surface area contributed by atoms with Crippen LogP contribution in [0.25, 0.3) is 6.08 Å². The van der Waals surface area contributed by atoms with Crippen LogP contribution in [0.4, 0.5) is 5.69 Å². The van der Waals surface area contributed by atoms with Gasteiger partial charge in [-0.25, -0.2) is 0 Å². The number of carbonyl (C=O) groups is 2. The molecule has 0 aliphatic carbocycles. The van der Waals surface area contributed by atoms with E-state index in [4.69, 9.17) is 16.0 Å². The molecule has 1 aromatic carbocycles. The average molecular weight is 347 g/mol. The second-order valence-electron chi connectivity index (χ2n) is 5.22. The lowest BCUT2D eigenvalue weighted by Crippen LogP contribution is -2.25. The third kappa shape index (κ3) is 4.99. The molecule has 0 unspecified atom stereocenters. The van der Waals surface area contributed by atoms with Gasteiger partial charge in [0.2, 0.25) is 5.91 Å². The molecule has 0 aliphatic rings. The van der Waals surface area contributed by atoms with E-state index in [0.29, 0.717) is 28.6 Å². The number of rotatable bonds is 6. The quantitative estimate of drug-likeness (QED) is 0.775. The van der Waals surface area contributed by atoms with Gasteiger partial charge in [-0.15, -0.1) is 0 Å². The van der Waals surface area contributed by atoms with Crippen LogP contribution in [0, 0.1) is 6.92 Å². The summed E-state index contributed by atoms with van der Waals surface area (Å²) < 4.78 is 5.36. The molecule has 1 aromatic heterocycles. The Kier molecular flexibility index (Phi) is 6.21. The molecule has 24 heavy (non-hydrogen) atoms. The molecule has 1 heterocycles. The molecule has 0 saturated carbocycles. The summed E-state index contributed by atoms with van der Waals surface area (Å²) in [4.78, 5) is 24.2. The highest BCUT2D eigenvalue weighted by molar-refractivity contribution is 6.31. The summed E-state index contributed by atoms with van der Waals surface area (Å²) in [6.45, 7) is 4.35. The fraction of sp³-hybridized carbons (Fsp3) is 0.222. The third-order valence-corrected chi connectivity index (χ3v) is 3.41. The van der Waals surface area contributed by atoms with Gasteiger partial charge in [0, 0.05) is 17.6 Å². The van der Waals surface area contributed by atoms with E-state index >= 15 is 0 Å². The van der Waals surface area contributed by atoms with E-state index in [1.807, 2.05) is 19.9 Å². The maximum absolute atomic E-state index is 12.2. The lowest BCUT2D eigenvalue weighted by molar-refractivity contribution is -0.111. The van der Waals surface area contributed by atoms with Crippen LogP contribution in [-0.2, 0) is 4.79 Å². The molecule has 0 atom stereocenters. The van der Waals surface area contributed by atoms with Crippen molar-refractivity contribution >= 4 is 35.2 Å². The minimum absolute atomic E-state index is 0.255. The fourth-order valence-electron chi connectivity index (χ4n) is 2.03. The first-order valence-electron chi connectivity index (χ1n) is 7.63. The summed E-state index contributed by atoms with van der Waals surface area (Å²) in [6.07, 6.45) is 3.73. The van der Waals surface area contributed by atoms with Crippen molar-refractivity contribution in [2.75, 3.05) is 11.9 Å². The van der Waals surface area contributed by atoms with Gasteiger partial charge in [0.1, 0.15) is 11.5 Å². The van der Waals surface area contributed by atoms with Gasteiger partial charge < -0.3 is 15.1 Å². The third-order valence-electron chi connectivity index (χ3n) is 3.18. The molecule has 0 saturated heterocycles. The number of benzene rings is 1. The molecule has 0 fully saturated rings. The summed E-state index contributed by atoms with van der Waals surface area (Å²) in [7, 11) is 0. The van der Waals surface area contributed by atoms with Crippen molar-refractivity contribution in [3.8, 4) is 0 Å². The SMILES string of the molecule is CCCNC(=O)c1ccc(Cl)cc1NC(=O)/C=C/c1ccc(C)o1.